The lowest BCUT2D eigenvalue weighted by atomic mass is 10.1. The number of nitrogens with one attached hydrogen (secondary N) is 1. The standard InChI is InChI=1S/C14H22N4O3/c1-3-21-14-12(18(19)20)13(15-10(2)16-14)17-11-8-6-4-5-7-9-11/h11H,3-9H2,1-2H3,(H,15,16,17). The van der Waals surface area contributed by atoms with E-state index < -0.39 is 4.92 Å². The highest BCUT2D eigenvalue weighted by atomic mass is 16.6. The molecule has 1 saturated carbocycles. The third-order valence-corrected chi connectivity index (χ3v) is 3.62. The van der Waals surface area contributed by atoms with E-state index in [1.807, 2.05) is 0 Å². The van der Waals surface area contributed by atoms with Crippen molar-refractivity contribution in [2.75, 3.05) is 11.9 Å². The van der Waals surface area contributed by atoms with Crippen molar-refractivity contribution in [1.29, 1.82) is 0 Å². The first kappa shape index (κ1) is 15.5. The lowest BCUT2D eigenvalue weighted by molar-refractivity contribution is -0.385. The van der Waals surface area contributed by atoms with Crippen LogP contribution in [0.2, 0.25) is 0 Å². The first-order chi connectivity index (χ1) is 10.1. The number of aromatic nitrogens is 2. The molecule has 0 bridgehead atoms. The number of hydrogen-bond donors (Lipinski definition) is 1. The highest BCUT2D eigenvalue weighted by molar-refractivity contribution is 5.62. The highest BCUT2D eigenvalue weighted by Gasteiger charge is 2.27. The summed E-state index contributed by atoms with van der Waals surface area (Å²) in [6.07, 6.45) is 6.79. The third kappa shape index (κ3) is 4.03. The Hall–Kier alpha value is -1.92. The molecule has 0 unspecified atom stereocenters. The molecule has 1 aromatic heterocycles. The minimum atomic E-state index is -0.469. The van der Waals surface area contributed by atoms with E-state index in [1.54, 1.807) is 13.8 Å². The summed E-state index contributed by atoms with van der Waals surface area (Å²) in [6, 6.07) is 0.231. The Bertz CT molecular complexity index is 499. The molecule has 0 spiro atoms. The Morgan fingerprint density at radius 2 is 1.95 bits per heavy atom. The maximum Gasteiger partial charge on any atom is 0.372 e. The van der Waals surface area contributed by atoms with Gasteiger partial charge in [-0.1, -0.05) is 25.7 Å². The van der Waals surface area contributed by atoms with Crippen LogP contribution in [0.25, 0.3) is 0 Å². The van der Waals surface area contributed by atoms with E-state index in [0.29, 0.717) is 12.4 Å². The molecule has 2 rings (SSSR count). The Kier molecular flexibility index (Phi) is 5.30. The van der Waals surface area contributed by atoms with Crippen LogP contribution in [0.4, 0.5) is 11.5 Å². The van der Waals surface area contributed by atoms with Crippen molar-refractivity contribution < 1.29 is 9.66 Å². The minimum Gasteiger partial charge on any atom is -0.473 e. The number of ether oxygens (including phenoxy) is 1. The molecule has 1 fully saturated rings. The fourth-order valence-electron chi connectivity index (χ4n) is 2.66. The number of hydrogen-bond acceptors (Lipinski definition) is 6. The monoisotopic (exact) mass is 294 g/mol. The van der Waals surface area contributed by atoms with Crippen molar-refractivity contribution in [3.63, 3.8) is 0 Å². The van der Waals surface area contributed by atoms with Crippen LogP contribution < -0.4 is 10.1 Å². The normalized spacial score (nSPS) is 16.3. The lowest BCUT2D eigenvalue weighted by Gasteiger charge is -2.17. The number of aryl methyl sites for hydroxylation is 1. The Morgan fingerprint density at radius 1 is 1.29 bits per heavy atom. The minimum absolute atomic E-state index is 0.0473. The molecule has 1 aliphatic carbocycles. The van der Waals surface area contributed by atoms with Crippen LogP contribution >= 0.6 is 0 Å². The Morgan fingerprint density at radius 3 is 2.52 bits per heavy atom. The zero-order valence-corrected chi connectivity index (χ0v) is 12.6. The van der Waals surface area contributed by atoms with Gasteiger partial charge in [0, 0.05) is 6.04 Å². The molecule has 1 N–H and O–H groups in total. The van der Waals surface area contributed by atoms with Crippen LogP contribution in [0.15, 0.2) is 0 Å². The highest BCUT2D eigenvalue weighted by Crippen LogP contribution is 2.33. The zero-order chi connectivity index (χ0) is 15.2. The molecule has 0 atom stereocenters. The molecular weight excluding hydrogens is 272 g/mol. The summed E-state index contributed by atoms with van der Waals surface area (Å²) in [5.41, 5.74) is -0.160. The summed E-state index contributed by atoms with van der Waals surface area (Å²) < 4.78 is 5.30. The van der Waals surface area contributed by atoms with Gasteiger partial charge in [-0.2, -0.15) is 4.98 Å². The van der Waals surface area contributed by atoms with Crippen molar-refractivity contribution in [3.8, 4) is 5.88 Å². The van der Waals surface area contributed by atoms with Crippen LogP contribution in [0.5, 0.6) is 5.88 Å². The summed E-state index contributed by atoms with van der Waals surface area (Å²) in [5, 5.41) is 14.6. The summed E-state index contributed by atoms with van der Waals surface area (Å²) in [6.45, 7) is 3.82. The van der Waals surface area contributed by atoms with E-state index in [4.69, 9.17) is 4.74 Å². The molecule has 1 heterocycles. The molecule has 21 heavy (non-hydrogen) atoms. The van der Waals surface area contributed by atoms with Gasteiger partial charge in [-0.25, -0.2) is 4.98 Å². The van der Waals surface area contributed by atoms with Crippen molar-refractivity contribution in [1.82, 2.24) is 9.97 Å². The van der Waals surface area contributed by atoms with E-state index in [2.05, 4.69) is 15.3 Å². The van der Waals surface area contributed by atoms with Crippen LogP contribution in [-0.2, 0) is 0 Å². The predicted molar refractivity (Wildman–Crippen MR) is 79.7 cm³/mol. The molecule has 0 amide bonds. The van der Waals surface area contributed by atoms with Gasteiger partial charge in [-0.3, -0.25) is 10.1 Å². The van der Waals surface area contributed by atoms with Gasteiger partial charge in [0.2, 0.25) is 5.82 Å². The van der Waals surface area contributed by atoms with Crippen LogP contribution in [0.3, 0.4) is 0 Å². The number of anilines is 1. The van der Waals surface area contributed by atoms with Crippen LogP contribution in [-0.4, -0.2) is 27.5 Å². The van der Waals surface area contributed by atoms with Gasteiger partial charge in [0.15, 0.2) is 0 Å². The molecular formula is C14H22N4O3. The smallest absolute Gasteiger partial charge is 0.372 e. The van der Waals surface area contributed by atoms with Crippen molar-refractivity contribution >= 4 is 11.5 Å². The zero-order valence-electron chi connectivity index (χ0n) is 12.6. The van der Waals surface area contributed by atoms with Crippen LogP contribution in [0, 0.1) is 17.0 Å². The van der Waals surface area contributed by atoms with E-state index in [0.717, 1.165) is 25.7 Å². The van der Waals surface area contributed by atoms with Crippen molar-refractivity contribution in [2.24, 2.45) is 0 Å². The first-order valence-corrected chi connectivity index (χ1v) is 7.54. The molecule has 0 saturated heterocycles. The molecule has 7 nitrogen and oxygen atoms in total. The quantitative estimate of drug-likeness (QED) is 0.509. The van der Waals surface area contributed by atoms with Gasteiger partial charge in [0.05, 0.1) is 11.5 Å². The molecule has 1 aromatic rings. The fourth-order valence-corrected chi connectivity index (χ4v) is 2.66. The van der Waals surface area contributed by atoms with Gasteiger partial charge in [0.25, 0.3) is 5.88 Å². The molecule has 1 aliphatic rings. The molecule has 0 aliphatic heterocycles. The van der Waals surface area contributed by atoms with Crippen molar-refractivity contribution in [3.05, 3.63) is 15.9 Å². The lowest BCUT2D eigenvalue weighted by Crippen LogP contribution is -2.21. The van der Waals surface area contributed by atoms with Gasteiger partial charge in [-0.15, -0.1) is 0 Å². The fraction of sp³-hybridized carbons (Fsp3) is 0.714. The second kappa shape index (κ2) is 7.19. The van der Waals surface area contributed by atoms with E-state index in [9.17, 15) is 10.1 Å². The number of nitro groups is 1. The second-order valence-corrected chi connectivity index (χ2v) is 5.30. The maximum absolute atomic E-state index is 11.3. The summed E-state index contributed by atoms with van der Waals surface area (Å²) >= 11 is 0. The summed E-state index contributed by atoms with van der Waals surface area (Å²) in [7, 11) is 0. The molecule has 116 valence electrons. The molecule has 7 heteroatoms. The maximum atomic E-state index is 11.3. The van der Waals surface area contributed by atoms with E-state index >= 15 is 0 Å². The first-order valence-electron chi connectivity index (χ1n) is 7.54. The average molecular weight is 294 g/mol. The number of rotatable bonds is 5. The van der Waals surface area contributed by atoms with Crippen LogP contribution in [0.1, 0.15) is 51.3 Å². The third-order valence-electron chi connectivity index (χ3n) is 3.62. The average Bonchev–Trinajstić information content (AvgIpc) is 2.66. The summed E-state index contributed by atoms with van der Waals surface area (Å²) in [4.78, 5) is 19.1. The van der Waals surface area contributed by atoms with E-state index in [-0.39, 0.29) is 23.4 Å². The van der Waals surface area contributed by atoms with Gasteiger partial charge < -0.3 is 10.1 Å². The van der Waals surface area contributed by atoms with Gasteiger partial charge in [-0.05, 0) is 26.7 Å². The molecule has 0 aromatic carbocycles. The second-order valence-electron chi connectivity index (χ2n) is 5.30. The van der Waals surface area contributed by atoms with Crippen molar-refractivity contribution in [2.45, 2.75) is 58.4 Å². The SMILES string of the molecule is CCOc1nc(C)nc(NC2CCCCCC2)c1[N+](=O)[O-]. The van der Waals surface area contributed by atoms with Gasteiger partial charge in [0.1, 0.15) is 5.82 Å². The molecule has 0 radical (unpaired) electrons. The topological polar surface area (TPSA) is 90.2 Å². The van der Waals surface area contributed by atoms with Gasteiger partial charge >= 0.3 is 5.69 Å². The number of nitrogens with zero attached hydrogens (tertiary/aromatic N) is 3. The Balaban J connectivity index is 2.29. The predicted octanol–water partition coefficient (Wildman–Crippen LogP) is 3.23. The Labute approximate surface area is 124 Å². The summed E-state index contributed by atoms with van der Waals surface area (Å²) in [5.74, 6) is 0.800. The largest absolute Gasteiger partial charge is 0.473 e. The van der Waals surface area contributed by atoms with E-state index in [1.165, 1.54) is 12.8 Å².